The van der Waals surface area contributed by atoms with Crippen molar-refractivity contribution < 1.29 is 0 Å². The SMILES string of the molecule is C=C/C=C(N)\C=C/Cc1ccc(N)cc1. The molecule has 0 radical (unpaired) electrons. The van der Waals surface area contributed by atoms with Gasteiger partial charge in [0.05, 0.1) is 0 Å². The van der Waals surface area contributed by atoms with E-state index in [1.165, 1.54) is 5.56 Å². The molecular formula is C13H16N2. The fourth-order valence-electron chi connectivity index (χ4n) is 1.18. The summed E-state index contributed by atoms with van der Waals surface area (Å²) in [5.74, 6) is 0. The first-order valence-electron chi connectivity index (χ1n) is 4.81. The highest BCUT2D eigenvalue weighted by Gasteiger charge is 1.88. The molecule has 0 fully saturated rings. The summed E-state index contributed by atoms with van der Waals surface area (Å²) in [4.78, 5) is 0. The Kier molecular flexibility index (Phi) is 4.23. The number of anilines is 1. The standard InChI is InChI=1S/C13H16N2/c1-2-4-12(14)6-3-5-11-7-9-13(15)10-8-11/h2-4,6-10H,1,5,14-15H2/b6-3-,12-4+. The molecule has 0 aliphatic carbocycles. The Hall–Kier alpha value is -1.96. The molecule has 1 aromatic carbocycles. The summed E-state index contributed by atoms with van der Waals surface area (Å²) in [6.07, 6.45) is 8.17. The van der Waals surface area contributed by atoms with E-state index >= 15 is 0 Å². The second kappa shape index (κ2) is 5.70. The molecule has 0 saturated heterocycles. The summed E-state index contributed by atoms with van der Waals surface area (Å²) in [6, 6.07) is 7.80. The highest BCUT2D eigenvalue weighted by atomic mass is 14.5. The fourth-order valence-corrected chi connectivity index (χ4v) is 1.18. The zero-order valence-corrected chi connectivity index (χ0v) is 8.69. The van der Waals surface area contributed by atoms with Crippen LogP contribution in [-0.2, 0) is 6.42 Å². The molecule has 0 aliphatic rings. The molecule has 0 unspecified atom stereocenters. The monoisotopic (exact) mass is 200 g/mol. The van der Waals surface area contributed by atoms with Gasteiger partial charge in [0.2, 0.25) is 0 Å². The van der Waals surface area contributed by atoms with Crippen LogP contribution < -0.4 is 11.5 Å². The quantitative estimate of drug-likeness (QED) is 0.579. The van der Waals surface area contributed by atoms with Crippen molar-refractivity contribution in [1.82, 2.24) is 0 Å². The molecule has 0 aromatic heterocycles. The smallest absolute Gasteiger partial charge is 0.0314 e. The van der Waals surface area contributed by atoms with Gasteiger partial charge < -0.3 is 11.5 Å². The van der Waals surface area contributed by atoms with Gasteiger partial charge in [-0.3, -0.25) is 0 Å². The largest absolute Gasteiger partial charge is 0.399 e. The van der Waals surface area contributed by atoms with Gasteiger partial charge in [-0.25, -0.2) is 0 Å². The zero-order valence-electron chi connectivity index (χ0n) is 8.69. The van der Waals surface area contributed by atoms with E-state index in [-0.39, 0.29) is 0 Å². The van der Waals surface area contributed by atoms with Crippen molar-refractivity contribution in [2.45, 2.75) is 6.42 Å². The van der Waals surface area contributed by atoms with Crippen molar-refractivity contribution in [1.29, 1.82) is 0 Å². The van der Waals surface area contributed by atoms with Crippen molar-refractivity contribution >= 4 is 5.69 Å². The number of allylic oxidation sites excluding steroid dienone is 4. The third kappa shape index (κ3) is 4.18. The Morgan fingerprint density at radius 3 is 2.53 bits per heavy atom. The van der Waals surface area contributed by atoms with Crippen LogP contribution in [0.4, 0.5) is 5.69 Å². The molecular weight excluding hydrogens is 184 g/mol. The number of hydrogen-bond donors (Lipinski definition) is 2. The number of hydrogen-bond acceptors (Lipinski definition) is 2. The van der Waals surface area contributed by atoms with Gasteiger partial charge >= 0.3 is 0 Å². The van der Waals surface area contributed by atoms with Crippen molar-refractivity contribution in [2.24, 2.45) is 5.73 Å². The zero-order chi connectivity index (χ0) is 11.1. The van der Waals surface area contributed by atoms with Crippen LogP contribution in [0.15, 0.2) is 60.8 Å². The van der Waals surface area contributed by atoms with Gasteiger partial charge in [-0.1, -0.05) is 30.9 Å². The summed E-state index contributed by atoms with van der Waals surface area (Å²) in [7, 11) is 0. The minimum absolute atomic E-state index is 0.709. The second-order valence-electron chi connectivity index (χ2n) is 3.25. The van der Waals surface area contributed by atoms with Gasteiger partial charge in [-0.05, 0) is 36.3 Å². The lowest BCUT2D eigenvalue weighted by Gasteiger charge is -1.97. The Morgan fingerprint density at radius 2 is 1.93 bits per heavy atom. The summed E-state index contributed by atoms with van der Waals surface area (Å²) < 4.78 is 0. The first kappa shape index (κ1) is 11.1. The second-order valence-corrected chi connectivity index (χ2v) is 3.25. The molecule has 4 N–H and O–H groups in total. The third-order valence-corrected chi connectivity index (χ3v) is 1.95. The van der Waals surface area contributed by atoms with Crippen LogP contribution in [-0.4, -0.2) is 0 Å². The van der Waals surface area contributed by atoms with E-state index in [0.717, 1.165) is 12.1 Å². The van der Waals surface area contributed by atoms with Crippen LogP contribution in [0.1, 0.15) is 5.56 Å². The van der Waals surface area contributed by atoms with E-state index < -0.39 is 0 Å². The van der Waals surface area contributed by atoms with E-state index in [1.807, 2.05) is 36.4 Å². The lowest BCUT2D eigenvalue weighted by Crippen LogP contribution is -1.92. The summed E-state index contributed by atoms with van der Waals surface area (Å²) >= 11 is 0. The van der Waals surface area contributed by atoms with E-state index in [0.29, 0.717) is 5.70 Å². The number of nitrogen functional groups attached to an aromatic ring is 1. The summed E-state index contributed by atoms with van der Waals surface area (Å²) in [6.45, 7) is 3.57. The first-order valence-corrected chi connectivity index (χ1v) is 4.81. The average Bonchev–Trinajstić information content (AvgIpc) is 2.21. The van der Waals surface area contributed by atoms with Crippen molar-refractivity contribution in [2.75, 3.05) is 5.73 Å². The van der Waals surface area contributed by atoms with E-state index in [1.54, 1.807) is 12.2 Å². The van der Waals surface area contributed by atoms with Crippen molar-refractivity contribution in [3.05, 3.63) is 66.4 Å². The molecule has 2 heteroatoms. The predicted octanol–water partition coefficient (Wildman–Crippen LogP) is 2.40. The van der Waals surface area contributed by atoms with Gasteiger partial charge in [-0.15, -0.1) is 0 Å². The topological polar surface area (TPSA) is 52.0 Å². The van der Waals surface area contributed by atoms with Crippen LogP contribution in [0.5, 0.6) is 0 Å². The molecule has 0 atom stereocenters. The highest BCUT2D eigenvalue weighted by Crippen LogP contribution is 2.06. The molecule has 1 aromatic rings. The van der Waals surface area contributed by atoms with Crippen LogP contribution >= 0.6 is 0 Å². The lowest BCUT2D eigenvalue weighted by molar-refractivity contribution is 1.26. The number of benzene rings is 1. The molecule has 0 aliphatic heterocycles. The minimum atomic E-state index is 0.709. The Bertz CT molecular complexity index is 372. The minimum Gasteiger partial charge on any atom is -0.399 e. The van der Waals surface area contributed by atoms with Crippen molar-refractivity contribution in [3.63, 3.8) is 0 Å². The molecule has 0 bridgehead atoms. The maximum Gasteiger partial charge on any atom is 0.0314 e. The predicted molar refractivity (Wildman–Crippen MR) is 66.2 cm³/mol. The molecule has 0 spiro atoms. The summed E-state index contributed by atoms with van der Waals surface area (Å²) in [5.41, 5.74) is 13.9. The molecule has 0 amide bonds. The summed E-state index contributed by atoms with van der Waals surface area (Å²) in [5, 5.41) is 0. The van der Waals surface area contributed by atoms with Gasteiger partial charge in [0.25, 0.3) is 0 Å². The average molecular weight is 200 g/mol. The maximum atomic E-state index is 5.66. The van der Waals surface area contributed by atoms with E-state index in [4.69, 9.17) is 11.5 Å². The van der Waals surface area contributed by atoms with Gasteiger partial charge in [0, 0.05) is 11.4 Å². The Balaban J connectivity index is 2.53. The van der Waals surface area contributed by atoms with E-state index in [9.17, 15) is 0 Å². The van der Waals surface area contributed by atoms with Crippen LogP contribution in [0, 0.1) is 0 Å². The van der Waals surface area contributed by atoms with Crippen LogP contribution in [0.25, 0.3) is 0 Å². The van der Waals surface area contributed by atoms with Gasteiger partial charge in [0.15, 0.2) is 0 Å². The maximum absolute atomic E-state index is 5.66. The van der Waals surface area contributed by atoms with Gasteiger partial charge in [0.1, 0.15) is 0 Å². The first-order chi connectivity index (χ1) is 7.22. The van der Waals surface area contributed by atoms with Crippen LogP contribution in [0.3, 0.4) is 0 Å². The number of rotatable bonds is 4. The van der Waals surface area contributed by atoms with Crippen molar-refractivity contribution in [3.8, 4) is 0 Å². The highest BCUT2D eigenvalue weighted by molar-refractivity contribution is 5.39. The molecule has 0 heterocycles. The molecule has 1 rings (SSSR count). The Labute approximate surface area is 90.6 Å². The fraction of sp³-hybridized carbons (Fsp3) is 0.0769. The molecule has 15 heavy (non-hydrogen) atoms. The van der Waals surface area contributed by atoms with Crippen LogP contribution in [0.2, 0.25) is 0 Å². The Morgan fingerprint density at radius 1 is 1.27 bits per heavy atom. The molecule has 0 saturated carbocycles. The normalized spacial score (nSPS) is 11.9. The molecule has 2 nitrogen and oxygen atoms in total. The van der Waals surface area contributed by atoms with E-state index in [2.05, 4.69) is 6.58 Å². The van der Waals surface area contributed by atoms with Gasteiger partial charge in [-0.2, -0.15) is 0 Å². The molecule has 78 valence electrons. The third-order valence-electron chi connectivity index (χ3n) is 1.95. The number of nitrogens with two attached hydrogens (primary N) is 2. The lowest BCUT2D eigenvalue weighted by atomic mass is 10.1.